The van der Waals surface area contributed by atoms with E-state index in [0.29, 0.717) is 23.4 Å². The highest BCUT2D eigenvalue weighted by molar-refractivity contribution is 5.89. The molecule has 0 aliphatic rings. The van der Waals surface area contributed by atoms with Crippen LogP contribution in [0.2, 0.25) is 0 Å². The molecule has 0 saturated heterocycles. The van der Waals surface area contributed by atoms with Gasteiger partial charge in [0, 0.05) is 12.1 Å². The van der Waals surface area contributed by atoms with Crippen LogP contribution in [-0.2, 0) is 0 Å². The third-order valence-corrected chi connectivity index (χ3v) is 3.38. The van der Waals surface area contributed by atoms with Crippen LogP contribution in [0.15, 0.2) is 33.9 Å². The molecule has 0 fully saturated rings. The van der Waals surface area contributed by atoms with E-state index in [0.717, 1.165) is 12.1 Å². The predicted octanol–water partition coefficient (Wildman–Crippen LogP) is 0.547. The zero-order valence-electron chi connectivity index (χ0n) is 12.8. The van der Waals surface area contributed by atoms with Crippen molar-refractivity contribution in [3.8, 4) is 17.0 Å². The minimum absolute atomic E-state index is 0.229. The summed E-state index contributed by atoms with van der Waals surface area (Å²) in [5.74, 6) is 0.702. The quantitative estimate of drug-likeness (QED) is 0.637. The third-order valence-electron chi connectivity index (χ3n) is 3.38. The second-order valence-corrected chi connectivity index (χ2v) is 5.41. The van der Waals surface area contributed by atoms with Gasteiger partial charge in [-0.15, -0.1) is 0 Å². The zero-order chi connectivity index (χ0) is 16.4. The molecule has 0 bridgehead atoms. The Hall–Kier alpha value is -2.87. The summed E-state index contributed by atoms with van der Waals surface area (Å²) in [4.78, 5) is 30.0. The smallest absolute Gasteiger partial charge is 0.327 e. The van der Waals surface area contributed by atoms with Gasteiger partial charge in [-0.1, -0.05) is 12.1 Å². The molecule has 8 nitrogen and oxygen atoms in total. The third kappa shape index (κ3) is 3.16. The van der Waals surface area contributed by atoms with Crippen molar-refractivity contribution in [2.45, 2.75) is 0 Å². The maximum absolute atomic E-state index is 12.0. The van der Waals surface area contributed by atoms with Gasteiger partial charge in [-0.2, -0.15) is 5.10 Å². The Morgan fingerprint density at radius 1 is 1.22 bits per heavy atom. The number of rotatable bonds is 5. The fourth-order valence-corrected chi connectivity index (χ4v) is 2.25. The lowest BCUT2D eigenvalue weighted by Crippen LogP contribution is -2.21. The first-order chi connectivity index (χ1) is 11.0. The average molecular weight is 315 g/mol. The molecule has 120 valence electrons. The fourth-order valence-electron chi connectivity index (χ4n) is 2.25. The summed E-state index contributed by atoms with van der Waals surface area (Å²) in [6.45, 7) is 1.37. The van der Waals surface area contributed by atoms with E-state index in [2.05, 4.69) is 20.2 Å². The number of benzene rings is 1. The van der Waals surface area contributed by atoms with E-state index in [1.165, 1.54) is 0 Å². The Morgan fingerprint density at radius 3 is 2.83 bits per heavy atom. The largest absolute Gasteiger partial charge is 0.492 e. The van der Waals surface area contributed by atoms with Gasteiger partial charge < -0.3 is 9.64 Å². The van der Waals surface area contributed by atoms with Crippen molar-refractivity contribution in [3.05, 3.63) is 45.1 Å². The normalized spacial score (nSPS) is 11.3. The van der Waals surface area contributed by atoms with Crippen LogP contribution in [0.3, 0.4) is 0 Å². The van der Waals surface area contributed by atoms with E-state index in [-0.39, 0.29) is 5.65 Å². The Morgan fingerprint density at radius 2 is 2.04 bits per heavy atom. The van der Waals surface area contributed by atoms with E-state index in [1.807, 2.05) is 43.3 Å². The molecule has 0 amide bonds. The number of ether oxygens (including phenoxy) is 1. The summed E-state index contributed by atoms with van der Waals surface area (Å²) in [5.41, 5.74) is 0.461. The SMILES string of the molecule is CN(C)CCOc1cccc(-c2[nH]nc3[nH]c(=O)[nH]c(=O)c23)c1. The Kier molecular flexibility index (Phi) is 3.98. The summed E-state index contributed by atoms with van der Waals surface area (Å²) in [6.07, 6.45) is 0. The van der Waals surface area contributed by atoms with Crippen molar-refractivity contribution in [1.82, 2.24) is 25.1 Å². The molecule has 0 aliphatic heterocycles. The summed E-state index contributed by atoms with van der Waals surface area (Å²) >= 11 is 0. The summed E-state index contributed by atoms with van der Waals surface area (Å²) < 4.78 is 5.70. The molecule has 0 saturated carbocycles. The maximum atomic E-state index is 12.0. The van der Waals surface area contributed by atoms with Crippen LogP contribution in [-0.4, -0.2) is 52.3 Å². The molecule has 23 heavy (non-hydrogen) atoms. The summed E-state index contributed by atoms with van der Waals surface area (Å²) in [5, 5.41) is 7.09. The van der Waals surface area contributed by atoms with Gasteiger partial charge in [-0.05, 0) is 26.2 Å². The molecule has 2 aromatic heterocycles. The van der Waals surface area contributed by atoms with Crippen molar-refractivity contribution >= 4 is 11.0 Å². The van der Waals surface area contributed by atoms with Crippen LogP contribution >= 0.6 is 0 Å². The summed E-state index contributed by atoms with van der Waals surface area (Å²) in [6, 6.07) is 7.36. The van der Waals surface area contributed by atoms with Gasteiger partial charge in [0.2, 0.25) is 0 Å². The maximum Gasteiger partial charge on any atom is 0.327 e. The molecular formula is C15H17N5O3. The highest BCUT2D eigenvalue weighted by Gasteiger charge is 2.13. The van der Waals surface area contributed by atoms with Gasteiger partial charge in [-0.3, -0.25) is 19.9 Å². The second kappa shape index (κ2) is 6.09. The van der Waals surface area contributed by atoms with Crippen LogP contribution < -0.4 is 16.0 Å². The van der Waals surface area contributed by atoms with Crippen molar-refractivity contribution < 1.29 is 4.74 Å². The molecule has 8 heteroatoms. The Bertz CT molecular complexity index is 938. The molecule has 0 spiro atoms. The van der Waals surface area contributed by atoms with Gasteiger partial charge in [0.25, 0.3) is 5.56 Å². The lowest BCUT2D eigenvalue weighted by Gasteiger charge is -2.11. The molecule has 0 radical (unpaired) electrons. The van der Waals surface area contributed by atoms with E-state index in [4.69, 9.17) is 4.74 Å². The van der Waals surface area contributed by atoms with E-state index in [1.54, 1.807) is 0 Å². The monoisotopic (exact) mass is 315 g/mol. The molecule has 2 heterocycles. The first kappa shape index (κ1) is 15.0. The average Bonchev–Trinajstić information content (AvgIpc) is 2.91. The number of nitrogens with one attached hydrogen (secondary N) is 3. The molecule has 3 N–H and O–H groups in total. The molecule has 1 aromatic carbocycles. The van der Waals surface area contributed by atoms with Gasteiger partial charge >= 0.3 is 5.69 Å². The number of aromatic amines is 3. The van der Waals surface area contributed by atoms with Gasteiger partial charge in [0.05, 0.1) is 5.69 Å². The Labute approximate surface area is 131 Å². The highest BCUT2D eigenvalue weighted by Crippen LogP contribution is 2.25. The van der Waals surface area contributed by atoms with Crippen LogP contribution in [0.1, 0.15) is 0 Å². The van der Waals surface area contributed by atoms with E-state index in [9.17, 15) is 9.59 Å². The number of H-pyrrole nitrogens is 3. The lowest BCUT2D eigenvalue weighted by molar-refractivity contribution is 0.261. The summed E-state index contributed by atoms with van der Waals surface area (Å²) in [7, 11) is 3.95. The topological polar surface area (TPSA) is 107 Å². The minimum Gasteiger partial charge on any atom is -0.492 e. The number of nitrogens with zero attached hydrogens (tertiary/aromatic N) is 2. The van der Waals surface area contributed by atoms with Crippen molar-refractivity contribution in [2.24, 2.45) is 0 Å². The van der Waals surface area contributed by atoms with Crippen LogP contribution in [0, 0.1) is 0 Å². The molecule has 3 aromatic rings. The minimum atomic E-state index is -0.582. The van der Waals surface area contributed by atoms with Crippen LogP contribution in [0.25, 0.3) is 22.3 Å². The first-order valence-electron chi connectivity index (χ1n) is 7.13. The molecule has 0 unspecified atom stereocenters. The number of aromatic nitrogens is 4. The standard InChI is InChI=1S/C15H17N5O3/c1-20(2)6-7-23-10-5-3-4-9(8-10)12-11-13(19-18-12)16-15(22)17-14(11)21/h3-5,8H,6-7H2,1-2H3,(H3,16,17,18,19,21,22). The van der Waals surface area contributed by atoms with Gasteiger partial charge in [0.1, 0.15) is 17.7 Å². The molecule has 0 atom stereocenters. The predicted molar refractivity (Wildman–Crippen MR) is 86.8 cm³/mol. The number of likely N-dealkylation sites (N-methyl/N-ethyl adjacent to an activating group) is 1. The molecular weight excluding hydrogens is 298 g/mol. The highest BCUT2D eigenvalue weighted by atomic mass is 16.5. The number of hydrogen-bond donors (Lipinski definition) is 3. The second-order valence-electron chi connectivity index (χ2n) is 5.41. The van der Waals surface area contributed by atoms with Crippen molar-refractivity contribution in [1.29, 1.82) is 0 Å². The van der Waals surface area contributed by atoms with Gasteiger partial charge in [0.15, 0.2) is 5.65 Å². The fraction of sp³-hybridized carbons (Fsp3) is 0.267. The van der Waals surface area contributed by atoms with Crippen LogP contribution in [0.5, 0.6) is 5.75 Å². The molecule has 0 aliphatic carbocycles. The Balaban J connectivity index is 1.96. The zero-order valence-corrected chi connectivity index (χ0v) is 12.8. The van der Waals surface area contributed by atoms with Crippen LogP contribution in [0.4, 0.5) is 0 Å². The van der Waals surface area contributed by atoms with Gasteiger partial charge in [-0.25, -0.2) is 4.79 Å². The number of fused-ring (bicyclic) bond motifs is 1. The van der Waals surface area contributed by atoms with Crippen molar-refractivity contribution in [3.63, 3.8) is 0 Å². The molecule has 3 rings (SSSR count). The van der Waals surface area contributed by atoms with Crippen molar-refractivity contribution in [2.75, 3.05) is 27.2 Å². The van der Waals surface area contributed by atoms with E-state index >= 15 is 0 Å². The first-order valence-corrected chi connectivity index (χ1v) is 7.13. The lowest BCUT2D eigenvalue weighted by atomic mass is 10.1. The number of hydrogen-bond acceptors (Lipinski definition) is 5. The van der Waals surface area contributed by atoms with E-state index < -0.39 is 11.2 Å².